The third kappa shape index (κ3) is 2.46. The molecule has 0 fully saturated rings. The molecule has 0 amide bonds. The van der Waals surface area contributed by atoms with Crippen molar-refractivity contribution in [1.29, 1.82) is 0 Å². The van der Waals surface area contributed by atoms with Gasteiger partial charge in [0.15, 0.2) is 0 Å². The number of thioether (sulfide) groups is 1. The molecule has 0 nitrogen and oxygen atoms in total. The van der Waals surface area contributed by atoms with Crippen molar-refractivity contribution >= 4 is 39.3 Å². The third-order valence-corrected chi connectivity index (χ3v) is 6.23. The maximum atomic E-state index is 6.23. The lowest BCUT2D eigenvalue weighted by Crippen LogP contribution is -2.07. The molecule has 0 N–H and O–H groups in total. The second kappa shape index (κ2) is 5.51. The van der Waals surface area contributed by atoms with Crippen molar-refractivity contribution in [2.45, 2.75) is 24.2 Å². The van der Waals surface area contributed by atoms with Crippen molar-refractivity contribution in [3.8, 4) is 0 Å². The lowest BCUT2D eigenvalue weighted by Gasteiger charge is -2.24. The van der Waals surface area contributed by atoms with Crippen LogP contribution in [0.15, 0.2) is 45.8 Å². The van der Waals surface area contributed by atoms with E-state index in [9.17, 15) is 0 Å². The highest BCUT2D eigenvalue weighted by atomic mass is 79.9. The highest BCUT2D eigenvalue weighted by Gasteiger charge is 2.21. The summed E-state index contributed by atoms with van der Waals surface area (Å²) in [5.74, 6) is 1.50. The molecule has 1 atom stereocenters. The van der Waals surface area contributed by atoms with Crippen molar-refractivity contribution in [3.63, 3.8) is 0 Å². The van der Waals surface area contributed by atoms with Gasteiger partial charge in [0.2, 0.25) is 0 Å². The molecule has 1 unspecified atom stereocenters. The Morgan fingerprint density at radius 3 is 2.79 bits per heavy atom. The van der Waals surface area contributed by atoms with Crippen molar-refractivity contribution in [3.05, 3.63) is 62.6 Å². The molecular formula is C16H14BrClS. The Balaban J connectivity index is 2.19. The van der Waals surface area contributed by atoms with Crippen LogP contribution in [0.1, 0.15) is 29.5 Å². The molecule has 98 valence electrons. The van der Waals surface area contributed by atoms with E-state index in [1.807, 2.05) is 17.8 Å². The molecule has 1 aliphatic heterocycles. The number of hydrogen-bond acceptors (Lipinski definition) is 1. The van der Waals surface area contributed by atoms with E-state index in [-0.39, 0.29) is 0 Å². The van der Waals surface area contributed by atoms with Crippen LogP contribution in [0, 0.1) is 0 Å². The summed E-state index contributed by atoms with van der Waals surface area (Å²) in [6.07, 6.45) is 1.06. The second-order valence-electron chi connectivity index (χ2n) is 4.79. The van der Waals surface area contributed by atoms with Crippen molar-refractivity contribution in [1.82, 2.24) is 0 Å². The summed E-state index contributed by atoms with van der Waals surface area (Å²) in [7, 11) is 0. The van der Waals surface area contributed by atoms with E-state index in [0.717, 1.165) is 21.7 Å². The Labute approximate surface area is 131 Å². The molecular weight excluding hydrogens is 340 g/mol. The summed E-state index contributed by atoms with van der Waals surface area (Å²) in [6, 6.07) is 12.9. The fourth-order valence-electron chi connectivity index (χ4n) is 2.67. The molecule has 1 aliphatic rings. The van der Waals surface area contributed by atoms with Gasteiger partial charge in [-0.1, -0.05) is 42.8 Å². The highest BCUT2D eigenvalue weighted by Crippen LogP contribution is 2.41. The number of halogens is 2. The van der Waals surface area contributed by atoms with E-state index in [0.29, 0.717) is 5.92 Å². The molecule has 2 aromatic carbocycles. The zero-order chi connectivity index (χ0) is 13.4. The number of rotatable bonds is 0. The SMILES string of the molecule is CC1c2ccccc2SCCc2c1ccc(Cl)c2Br. The van der Waals surface area contributed by atoms with Crippen LogP contribution in [0.5, 0.6) is 0 Å². The van der Waals surface area contributed by atoms with Gasteiger partial charge in [0.25, 0.3) is 0 Å². The Kier molecular flexibility index (Phi) is 3.93. The summed E-state index contributed by atoms with van der Waals surface area (Å²) >= 11 is 11.8. The van der Waals surface area contributed by atoms with Gasteiger partial charge < -0.3 is 0 Å². The van der Waals surface area contributed by atoms with Crippen molar-refractivity contribution in [2.24, 2.45) is 0 Å². The van der Waals surface area contributed by atoms with E-state index >= 15 is 0 Å². The molecule has 0 radical (unpaired) electrons. The normalized spacial score (nSPS) is 18.2. The van der Waals surface area contributed by atoms with Gasteiger partial charge in [-0.3, -0.25) is 0 Å². The average Bonchev–Trinajstić information content (AvgIpc) is 2.42. The van der Waals surface area contributed by atoms with Gasteiger partial charge in [0.05, 0.1) is 5.02 Å². The maximum Gasteiger partial charge on any atom is 0.0551 e. The summed E-state index contributed by atoms with van der Waals surface area (Å²) in [5, 5.41) is 0.810. The third-order valence-electron chi connectivity index (χ3n) is 3.69. The van der Waals surface area contributed by atoms with Crippen LogP contribution in [0.25, 0.3) is 0 Å². The van der Waals surface area contributed by atoms with Gasteiger partial charge in [-0.2, -0.15) is 0 Å². The molecule has 0 aromatic heterocycles. The first-order valence-corrected chi connectivity index (χ1v) is 8.52. The molecule has 0 saturated carbocycles. The van der Waals surface area contributed by atoms with Crippen molar-refractivity contribution < 1.29 is 0 Å². The first kappa shape index (κ1) is 13.5. The smallest absolute Gasteiger partial charge is 0.0551 e. The van der Waals surface area contributed by atoms with E-state index < -0.39 is 0 Å². The topological polar surface area (TPSA) is 0 Å². The quantitative estimate of drug-likeness (QED) is 0.568. The highest BCUT2D eigenvalue weighted by molar-refractivity contribution is 9.10. The van der Waals surface area contributed by atoms with Gasteiger partial charge in [-0.05, 0) is 51.2 Å². The van der Waals surface area contributed by atoms with E-state index in [1.54, 1.807) is 0 Å². The van der Waals surface area contributed by atoms with Crippen LogP contribution >= 0.6 is 39.3 Å². The molecule has 1 heterocycles. The molecule has 19 heavy (non-hydrogen) atoms. The molecule has 3 heteroatoms. The fraction of sp³-hybridized carbons (Fsp3) is 0.250. The minimum absolute atomic E-state index is 0.410. The average molecular weight is 354 g/mol. The Morgan fingerprint density at radius 1 is 1.16 bits per heavy atom. The van der Waals surface area contributed by atoms with Crippen LogP contribution in [0.3, 0.4) is 0 Å². The van der Waals surface area contributed by atoms with Crippen LogP contribution in [-0.2, 0) is 6.42 Å². The van der Waals surface area contributed by atoms with Gasteiger partial charge in [-0.25, -0.2) is 0 Å². The van der Waals surface area contributed by atoms with Gasteiger partial charge in [0, 0.05) is 21.0 Å². The second-order valence-corrected chi connectivity index (χ2v) is 7.12. The standard InChI is InChI=1S/C16H14BrClS/c1-10-11-6-7-14(18)16(17)13(11)8-9-19-15-5-3-2-4-12(10)15/h2-7,10H,8-9H2,1H3. The summed E-state index contributed by atoms with van der Waals surface area (Å²) in [4.78, 5) is 1.41. The molecule has 0 bridgehead atoms. The van der Waals surface area contributed by atoms with Gasteiger partial charge in [-0.15, -0.1) is 11.8 Å². The molecule has 0 aliphatic carbocycles. The predicted molar refractivity (Wildman–Crippen MR) is 87.5 cm³/mol. The van der Waals surface area contributed by atoms with E-state index in [4.69, 9.17) is 11.6 Å². The number of benzene rings is 2. The molecule has 0 spiro atoms. The monoisotopic (exact) mass is 352 g/mol. The minimum Gasteiger partial charge on any atom is -0.126 e. The van der Waals surface area contributed by atoms with Crippen LogP contribution in [0.2, 0.25) is 5.02 Å². The van der Waals surface area contributed by atoms with Gasteiger partial charge in [0.1, 0.15) is 0 Å². The van der Waals surface area contributed by atoms with Gasteiger partial charge >= 0.3 is 0 Å². The lowest BCUT2D eigenvalue weighted by atomic mass is 9.88. The Morgan fingerprint density at radius 2 is 1.95 bits per heavy atom. The largest absolute Gasteiger partial charge is 0.126 e. The molecule has 0 saturated heterocycles. The van der Waals surface area contributed by atoms with Crippen LogP contribution in [0.4, 0.5) is 0 Å². The first-order valence-electron chi connectivity index (χ1n) is 6.37. The summed E-state index contributed by atoms with van der Waals surface area (Å²) < 4.78 is 1.07. The predicted octanol–water partition coefficient (Wildman–Crippen LogP) is 5.90. The number of hydrogen-bond donors (Lipinski definition) is 0. The van der Waals surface area contributed by atoms with Crippen LogP contribution in [-0.4, -0.2) is 5.75 Å². The van der Waals surface area contributed by atoms with E-state index in [1.165, 1.54) is 21.6 Å². The van der Waals surface area contributed by atoms with Crippen molar-refractivity contribution in [2.75, 3.05) is 5.75 Å². The fourth-order valence-corrected chi connectivity index (χ4v) is 4.52. The Hall–Kier alpha value is -0.440. The molecule has 3 rings (SSSR count). The maximum absolute atomic E-state index is 6.23. The zero-order valence-electron chi connectivity index (χ0n) is 10.6. The van der Waals surface area contributed by atoms with E-state index in [2.05, 4.69) is 53.2 Å². The number of fused-ring (bicyclic) bond motifs is 2. The Bertz CT molecular complexity index is 624. The summed E-state index contributed by atoms with van der Waals surface area (Å²) in [5.41, 5.74) is 4.17. The lowest BCUT2D eigenvalue weighted by molar-refractivity contribution is 0.861. The first-order chi connectivity index (χ1) is 9.18. The minimum atomic E-state index is 0.410. The zero-order valence-corrected chi connectivity index (χ0v) is 13.8. The van der Waals surface area contributed by atoms with Crippen LogP contribution < -0.4 is 0 Å². The summed E-state index contributed by atoms with van der Waals surface area (Å²) in [6.45, 7) is 2.28. The molecule has 2 aromatic rings.